The number of aliphatic imine (C=N–C) groups is 3. The predicted molar refractivity (Wildman–Crippen MR) is 308 cm³/mol. The first kappa shape index (κ1) is 51.3. The van der Waals surface area contributed by atoms with E-state index in [9.17, 15) is 19.5 Å². The van der Waals surface area contributed by atoms with Gasteiger partial charge in [0, 0.05) is 88.4 Å². The summed E-state index contributed by atoms with van der Waals surface area (Å²) < 4.78 is 20.5. The quantitative estimate of drug-likeness (QED) is 0.0861. The van der Waals surface area contributed by atoms with Crippen molar-refractivity contribution in [3.63, 3.8) is 0 Å². The summed E-state index contributed by atoms with van der Waals surface area (Å²) in [6.45, 7) is 4.49. The molecule has 3 atom stereocenters. The van der Waals surface area contributed by atoms with Crippen LogP contribution >= 0.6 is 45.2 Å². The summed E-state index contributed by atoms with van der Waals surface area (Å²) in [5, 5.41) is 9.82. The number of halogens is 2. The van der Waals surface area contributed by atoms with Crippen LogP contribution in [0, 0.1) is 13.8 Å². The van der Waals surface area contributed by atoms with Gasteiger partial charge in [-0.15, -0.1) is 0 Å². The van der Waals surface area contributed by atoms with Crippen molar-refractivity contribution in [2.45, 2.75) is 71.5 Å². The zero-order valence-corrected chi connectivity index (χ0v) is 44.4. The first-order chi connectivity index (χ1) is 35.1. The lowest BCUT2D eigenvalue weighted by molar-refractivity contribution is 0.0979. The Kier molecular flexibility index (Phi) is 15.6. The lowest BCUT2D eigenvalue weighted by Gasteiger charge is -2.22. The molecule has 13 nitrogen and oxygen atoms in total. The first-order valence-electron chi connectivity index (χ1n) is 24.0. The van der Waals surface area contributed by atoms with E-state index in [1.54, 1.807) is 49.4 Å². The third kappa shape index (κ3) is 10.1. The van der Waals surface area contributed by atoms with Gasteiger partial charge >= 0.3 is 0 Å². The van der Waals surface area contributed by atoms with Crippen LogP contribution in [0.4, 0.5) is 34.1 Å². The molecule has 6 aromatic carbocycles. The van der Waals surface area contributed by atoms with Gasteiger partial charge in [0.25, 0.3) is 17.7 Å². The summed E-state index contributed by atoms with van der Waals surface area (Å²) in [7, 11) is 1.56. The third-order valence-electron chi connectivity index (χ3n) is 13.5. The van der Waals surface area contributed by atoms with Crippen molar-refractivity contribution < 1.29 is 33.7 Å². The lowest BCUT2D eigenvalue weighted by atomic mass is 10.1. The highest BCUT2D eigenvalue weighted by Crippen LogP contribution is 2.43. The topological polar surface area (TPSA) is 146 Å². The van der Waals surface area contributed by atoms with Gasteiger partial charge in [0.05, 0.1) is 72.2 Å². The second-order valence-corrected chi connectivity index (χ2v) is 20.3. The van der Waals surface area contributed by atoms with Crippen molar-refractivity contribution >= 4 is 116 Å². The smallest absolute Gasteiger partial charge is 0.261 e. The predicted octanol–water partition coefficient (Wildman–Crippen LogP) is 12.3. The fourth-order valence-corrected chi connectivity index (χ4v) is 12.1. The number of alkyl halides is 2. The number of hydrogen-bond donors (Lipinski definition) is 1. The number of phenolic OH excluding ortho intramolecular Hbond substituents is 1. The van der Waals surface area contributed by atoms with Crippen molar-refractivity contribution in [1.29, 1.82) is 0 Å². The molecule has 0 aliphatic carbocycles. The summed E-state index contributed by atoms with van der Waals surface area (Å²) in [6, 6.07) is 34.2. The van der Waals surface area contributed by atoms with Crippen LogP contribution in [0.25, 0.3) is 0 Å². The number of amides is 3. The van der Waals surface area contributed by atoms with E-state index in [2.05, 4.69) is 67.3 Å². The molecular weight excluding hydrogens is 1150 g/mol. The molecule has 0 fully saturated rings. The van der Waals surface area contributed by atoms with Gasteiger partial charge in [-0.2, -0.15) is 0 Å². The molecule has 0 unspecified atom stereocenters. The van der Waals surface area contributed by atoms with Crippen molar-refractivity contribution in [3.05, 3.63) is 154 Å². The molecule has 0 saturated heterocycles. The summed E-state index contributed by atoms with van der Waals surface area (Å²) in [5.74, 6) is 1.64. The molecule has 0 bridgehead atoms. The van der Waals surface area contributed by atoms with E-state index in [4.69, 9.17) is 19.2 Å². The Morgan fingerprint density at radius 1 is 0.534 bits per heavy atom. The average molecular weight is 1200 g/mol. The minimum atomic E-state index is -0.126. The maximum Gasteiger partial charge on any atom is 0.261 e. The number of nitrogens with zero attached hydrogens (tertiary/aromatic N) is 6. The zero-order valence-electron chi connectivity index (χ0n) is 40.1. The molecule has 6 aromatic rings. The molecule has 73 heavy (non-hydrogen) atoms. The molecular formula is C58H56I2N6O7. The number of anilines is 3. The molecule has 6 aliphatic heterocycles. The largest absolute Gasteiger partial charge is 0.508 e. The Labute approximate surface area is 453 Å². The molecule has 0 radical (unpaired) electrons. The fourth-order valence-electron chi connectivity index (χ4n) is 9.92. The van der Waals surface area contributed by atoms with E-state index in [1.807, 2.05) is 102 Å². The molecule has 6 aliphatic rings. The highest BCUT2D eigenvalue weighted by Gasteiger charge is 2.39. The standard InChI is InChI=1S/C37H32N4O5.C17H14N2O2.C3H6I2.CH4/c1-22-14-27-29(38-20-25-15-23-8-3-5-10-31(23)40(25)36(27)42)18-33(22)45-12-7-13-46-35-19-30-28(17-34(35)44-2)37(43)41-26(21-39-30)16-24-9-4-6-11-32(24)41;1-10-6-13-14(8-16(10)20)18-9-12-7-11-4-2-3-5-15(11)19(12)17(13)21;4-2-1-3-5;/h3-6,8-11,14,17-21,25-26H,7,12-13,15-16H2,1-2H3;2-6,8-9,12,20H,7H2,1H3;1-3H2;1H4/t25-,26-;12-;;/m00../s1. The third-order valence-corrected chi connectivity index (χ3v) is 15.0. The molecule has 374 valence electrons. The minimum Gasteiger partial charge on any atom is -0.508 e. The first-order valence-corrected chi connectivity index (χ1v) is 27.1. The Morgan fingerprint density at radius 2 is 0.932 bits per heavy atom. The molecule has 6 heterocycles. The van der Waals surface area contributed by atoms with E-state index in [1.165, 1.54) is 20.8 Å². The van der Waals surface area contributed by atoms with Crippen molar-refractivity contribution in [2.75, 3.05) is 43.9 Å². The summed E-state index contributed by atoms with van der Waals surface area (Å²) in [6.07, 6.45) is 9.75. The molecule has 1 N–H and O–H groups in total. The van der Waals surface area contributed by atoms with Gasteiger partial charge in [0.2, 0.25) is 0 Å². The number of hydrogen-bond acceptors (Lipinski definition) is 10. The number of ether oxygens (including phenoxy) is 3. The fraction of sp³-hybridized carbons (Fsp3) is 0.276. The van der Waals surface area contributed by atoms with E-state index in [-0.39, 0.29) is 49.0 Å². The molecule has 0 spiro atoms. The van der Waals surface area contributed by atoms with E-state index in [0.29, 0.717) is 76.2 Å². The normalized spacial score (nSPS) is 17.7. The lowest BCUT2D eigenvalue weighted by Crippen LogP contribution is -2.37. The van der Waals surface area contributed by atoms with Crippen LogP contribution in [0.5, 0.6) is 23.0 Å². The summed E-state index contributed by atoms with van der Waals surface area (Å²) >= 11 is 4.77. The van der Waals surface area contributed by atoms with Gasteiger partial charge in [-0.3, -0.25) is 44.1 Å². The number of carbonyl (C=O) groups excluding carboxylic acids is 3. The Balaban J connectivity index is 0.000000201. The SMILES string of the molecule is C.COc1cc2c(cc1OCCCOc1cc3c(cc1C)C(=O)N1c4ccccc4C[C@H]1C=N3)N=C[C@@H]1Cc3ccccc3N1C2=O.Cc1cc2c(cc1O)N=C[C@@H]1Cc3ccccc3N1C2=O.ICCCI. The van der Waals surface area contributed by atoms with Crippen LogP contribution in [0.2, 0.25) is 0 Å². The van der Waals surface area contributed by atoms with Crippen LogP contribution in [-0.4, -0.2) is 88.8 Å². The van der Waals surface area contributed by atoms with Crippen LogP contribution in [0.3, 0.4) is 0 Å². The van der Waals surface area contributed by atoms with Gasteiger partial charge in [-0.1, -0.05) is 107 Å². The van der Waals surface area contributed by atoms with Gasteiger partial charge in [-0.25, -0.2) is 0 Å². The van der Waals surface area contributed by atoms with Crippen LogP contribution < -0.4 is 28.9 Å². The Bertz CT molecular complexity index is 3210. The van der Waals surface area contributed by atoms with Crippen molar-refractivity contribution in [2.24, 2.45) is 15.0 Å². The number of methoxy groups -OCH3 is 1. The van der Waals surface area contributed by atoms with Gasteiger partial charge in [0.1, 0.15) is 11.5 Å². The molecule has 15 heteroatoms. The zero-order chi connectivity index (χ0) is 50.0. The average Bonchev–Trinajstić information content (AvgIpc) is 4.01. The Morgan fingerprint density at radius 3 is 1.37 bits per heavy atom. The maximum absolute atomic E-state index is 13.7. The van der Waals surface area contributed by atoms with Gasteiger partial charge < -0.3 is 19.3 Å². The van der Waals surface area contributed by atoms with Gasteiger partial charge in [-0.05, 0) is 84.5 Å². The molecule has 12 rings (SSSR count). The second-order valence-electron chi connectivity index (χ2n) is 18.2. The number of aromatic hydroxyl groups is 1. The minimum absolute atomic E-state index is 0. The van der Waals surface area contributed by atoms with Crippen molar-refractivity contribution in [1.82, 2.24) is 0 Å². The molecule has 0 aromatic heterocycles. The highest BCUT2D eigenvalue weighted by atomic mass is 127. The number of phenols is 1. The van der Waals surface area contributed by atoms with Crippen LogP contribution in [-0.2, 0) is 19.3 Å². The monoisotopic (exact) mass is 1200 g/mol. The number of aryl methyl sites for hydroxylation is 2. The van der Waals surface area contributed by atoms with Crippen LogP contribution in [0.15, 0.2) is 124 Å². The highest BCUT2D eigenvalue weighted by molar-refractivity contribution is 14.1. The summed E-state index contributed by atoms with van der Waals surface area (Å²) in [5.41, 5.74) is 11.1. The number of rotatable bonds is 9. The van der Waals surface area contributed by atoms with E-state index >= 15 is 0 Å². The van der Waals surface area contributed by atoms with Gasteiger partial charge in [0.15, 0.2) is 11.5 Å². The number of para-hydroxylation sites is 3. The Hall–Kier alpha value is -6.60. The van der Waals surface area contributed by atoms with Crippen LogP contribution in [0.1, 0.15) is 79.2 Å². The second kappa shape index (κ2) is 22.3. The van der Waals surface area contributed by atoms with E-state index < -0.39 is 0 Å². The maximum atomic E-state index is 13.7. The molecule has 0 saturated carbocycles. The van der Waals surface area contributed by atoms with Crippen molar-refractivity contribution in [3.8, 4) is 23.0 Å². The number of carbonyl (C=O) groups is 3. The summed E-state index contributed by atoms with van der Waals surface area (Å²) in [4.78, 5) is 59.4. The number of benzene rings is 6. The van der Waals surface area contributed by atoms with E-state index in [0.717, 1.165) is 53.0 Å². The number of fused-ring (bicyclic) bond motifs is 12. The molecule has 3 amide bonds.